The molecule has 3 atom stereocenters. The van der Waals surface area contributed by atoms with E-state index in [0.717, 1.165) is 44.9 Å². The molecule has 0 aromatic rings. The van der Waals surface area contributed by atoms with Crippen LogP contribution in [0, 0.1) is 0 Å². The third-order valence-electron chi connectivity index (χ3n) is 14.9. The lowest BCUT2D eigenvalue weighted by atomic mass is 10.0. The molecule has 0 saturated heterocycles. The summed E-state index contributed by atoms with van der Waals surface area (Å²) in [6, 6.07) is -0.798. The number of hydrogen-bond donors (Lipinski definition) is 2. The highest BCUT2D eigenvalue weighted by Crippen LogP contribution is 2.38. The lowest BCUT2D eigenvalue weighted by Crippen LogP contribution is -2.46. The first kappa shape index (κ1) is 72.0. The Labute approximate surface area is 455 Å². The average molecular weight is 1050 g/mol. The number of amides is 1. The van der Waals surface area contributed by atoms with Gasteiger partial charge in [0.05, 0.1) is 39.9 Å². The summed E-state index contributed by atoms with van der Waals surface area (Å²) in [6.45, 7) is 4.77. The molecule has 8 nitrogen and oxygen atoms in total. The Morgan fingerprint density at radius 3 is 1.14 bits per heavy atom. The number of likely N-dealkylation sites (N-methyl/N-ethyl adjacent to an activating group) is 1. The van der Waals surface area contributed by atoms with E-state index in [9.17, 15) is 19.4 Å². The van der Waals surface area contributed by atoms with Crippen molar-refractivity contribution in [2.45, 2.75) is 341 Å². The van der Waals surface area contributed by atoms with Crippen LogP contribution in [0.25, 0.3) is 0 Å². The largest absolute Gasteiger partial charge is 0.756 e. The summed E-state index contributed by atoms with van der Waals surface area (Å²) in [4.78, 5) is 25.6. The number of rotatable bonds is 60. The smallest absolute Gasteiger partial charge is 0.268 e. The first-order chi connectivity index (χ1) is 35.5. The van der Waals surface area contributed by atoms with E-state index in [1.54, 1.807) is 0 Å². The van der Waals surface area contributed by atoms with Gasteiger partial charge in [0.15, 0.2) is 0 Å². The highest BCUT2D eigenvalue weighted by Gasteiger charge is 2.24. The van der Waals surface area contributed by atoms with Crippen molar-refractivity contribution in [2.24, 2.45) is 0 Å². The molecule has 0 aliphatic carbocycles. The number of nitrogens with zero attached hydrogens (tertiary/aromatic N) is 1. The van der Waals surface area contributed by atoms with Crippen LogP contribution in [0.1, 0.15) is 328 Å². The fraction of sp³-hybridized carbons (Fsp3) is 0.922. The summed E-state index contributed by atoms with van der Waals surface area (Å²) in [5, 5.41) is 14.0. The van der Waals surface area contributed by atoms with E-state index in [-0.39, 0.29) is 19.1 Å². The molecule has 0 radical (unpaired) electrons. The fourth-order valence-electron chi connectivity index (χ4n) is 9.90. The molecule has 0 bridgehead atoms. The Balaban J connectivity index is 3.96. The Morgan fingerprint density at radius 2 is 0.795 bits per heavy atom. The van der Waals surface area contributed by atoms with Crippen molar-refractivity contribution < 1.29 is 32.9 Å². The van der Waals surface area contributed by atoms with E-state index in [2.05, 4.69) is 43.5 Å². The summed E-state index contributed by atoms with van der Waals surface area (Å²) in [5.41, 5.74) is 0. The van der Waals surface area contributed by atoms with E-state index in [4.69, 9.17) is 9.05 Å². The maximum atomic E-state index is 13.0. The second-order valence-electron chi connectivity index (χ2n) is 23.5. The third-order valence-corrected chi connectivity index (χ3v) is 15.9. The van der Waals surface area contributed by atoms with Crippen LogP contribution in [0.4, 0.5) is 0 Å². The molecule has 2 N–H and O–H groups in total. The molecule has 0 spiro atoms. The number of aliphatic hydroxyl groups excluding tert-OH is 1. The van der Waals surface area contributed by atoms with Gasteiger partial charge in [-0.1, -0.05) is 301 Å². The number of nitrogens with one attached hydrogen (secondary N) is 1. The molecule has 0 aromatic carbocycles. The number of phosphoric ester groups is 1. The van der Waals surface area contributed by atoms with E-state index in [1.807, 2.05) is 21.1 Å². The molecule has 0 fully saturated rings. The SMILES string of the molecule is CCCCCCCCCCCCC/C=C\C/C=C\CCCCCCCCCCCCCCCCCCCC(=O)NC(COP(=O)([O-])OCC[N+](C)(C)C)C(O)CCCCCCCCCCCCCCCCCC. The van der Waals surface area contributed by atoms with Crippen molar-refractivity contribution in [3.8, 4) is 0 Å². The van der Waals surface area contributed by atoms with Gasteiger partial charge in [0, 0.05) is 6.42 Å². The molecule has 3 unspecified atom stereocenters. The number of carbonyl (C=O) groups excluding carboxylic acids is 1. The molecular formula is C64H127N2O6P. The van der Waals surface area contributed by atoms with Crippen LogP contribution in [-0.2, 0) is 18.4 Å². The van der Waals surface area contributed by atoms with Crippen molar-refractivity contribution >= 4 is 13.7 Å². The standard InChI is InChI=1S/C64H127N2O6P/c1-6-8-10-12-14-16-18-20-22-24-25-26-27-28-29-30-31-32-33-34-35-36-37-38-39-40-41-42-44-46-48-50-52-54-56-58-64(68)65-62(61-72-73(69,70)71-60-59-66(3,4)5)63(67)57-55-53-51-49-47-45-43-23-21-19-17-15-13-11-9-7-2/h27-28,30-31,62-63,67H,6-26,29,32-61H2,1-5H3,(H-,65,68,69,70)/b28-27-,31-30-. The maximum Gasteiger partial charge on any atom is 0.268 e. The normalized spacial score (nSPS) is 13.9. The van der Waals surface area contributed by atoms with Crippen LogP contribution < -0.4 is 10.2 Å². The van der Waals surface area contributed by atoms with Crippen LogP contribution in [0.3, 0.4) is 0 Å². The van der Waals surface area contributed by atoms with Gasteiger partial charge in [-0.05, 0) is 44.9 Å². The zero-order valence-corrected chi connectivity index (χ0v) is 50.5. The monoisotopic (exact) mass is 1050 g/mol. The van der Waals surface area contributed by atoms with Gasteiger partial charge in [0.2, 0.25) is 5.91 Å². The lowest BCUT2D eigenvalue weighted by molar-refractivity contribution is -0.870. The van der Waals surface area contributed by atoms with Crippen LogP contribution in [0.15, 0.2) is 24.3 Å². The van der Waals surface area contributed by atoms with Gasteiger partial charge in [0.25, 0.3) is 7.82 Å². The third kappa shape index (κ3) is 58.5. The lowest BCUT2D eigenvalue weighted by Gasteiger charge is -2.30. The zero-order valence-electron chi connectivity index (χ0n) is 49.6. The topological polar surface area (TPSA) is 108 Å². The van der Waals surface area contributed by atoms with E-state index in [0.29, 0.717) is 23.9 Å². The summed E-state index contributed by atoms with van der Waals surface area (Å²) in [6.07, 6.45) is 71.0. The first-order valence-electron chi connectivity index (χ1n) is 32.2. The summed E-state index contributed by atoms with van der Waals surface area (Å²) < 4.78 is 23.4. The Morgan fingerprint density at radius 1 is 0.479 bits per heavy atom. The van der Waals surface area contributed by atoms with Gasteiger partial charge in [-0.2, -0.15) is 0 Å². The molecule has 0 aliphatic rings. The molecule has 0 heterocycles. The quantitative estimate of drug-likeness (QED) is 0.0272. The molecule has 0 saturated carbocycles. The van der Waals surface area contributed by atoms with Crippen LogP contribution >= 0.6 is 7.82 Å². The number of aliphatic hydroxyl groups is 1. The molecule has 9 heteroatoms. The molecule has 73 heavy (non-hydrogen) atoms. The van der Waals surface area contributed by atoms with Crippen LogP contribution in [-0.4, -0.2) is 68.5 Å². The van der Waals surface area contributed by atoms with Crippen LogP contribution in [0.2, 0.25) is 0 Å². The van der Waals surface area contributed by atoms with Gasteiger partial charge in [-0.15, -0.1) is 0 Å². The van der Waals surface area contributed by atoms with E-state index in [1.165, 1.54) is 257 Å². The Hall–Kier alpha value is -1.02. The number of quaternary nitrogens is 1. The number of unbranched alkanes of at least 4 members (excludes halogenated alkanes) is 43. The maximum absolute atomic E-state index is 13.0. The Bertz CT molecular complexity index is 1240. The highest BCUT2D eigenvalue weighted by atomic mass is 31.2. The molecule has 0 aromatic heterocycles. The Kier molecular flexibility index (Phi) is 54.9. The van der Waals surface area contributed by atoms with Crippen LogP contribution in [0.5, 0.6) is 0 Å². The number of hydrogen-bond acceptors (Lipinski definition) is 6. The summed E-state index contributed by atoms with van der Waals surface area (Å²) in [7, 11) is 1.32. The van der Waals surface area contributed by atoms with Crippen molar-refractivity contribution in [1.29, 1.82) is 0 Å². The van der Waals surface area contributed by atoms with Gasteiger partial charge >= 0.3 is 0 Å². The van der Waals surface area contributed by atoms with E-state index >= 15 is 0 Å². The van der Waals surface area contributed by atoms with Gasteiger partial charge in [-0.25, -0.2) is 0 Å². The fourth-order valence-corrected chi connectivity index (χ4v) is 10.6. The predicted octanol–water partition coefficient (Wildman–Crippen LogP) is 19.3. The number of carbonyl (C=O) groups is 1. The molecular weight excluding hydrogens is 924 g/mol. The molecule has 434 valence electrons. The van der Waals surface area contributed by atoms with Crippen molar-refractivity contribution in [1.82, 2.24) is 5.32 Å². The van der Waals surface area contributed by atoms with Crippen molar-refractivity contribution in [2.75, 3.05) is 40.9 Å². The molecule has 1 amide bonds. The molecule has 0 aliphatic heterocycles. The van der Waals surface area contributed by atoms with Gasteiger partial charge < -0.3 is 28.8 Å². The average Bonchev–Trinajstić information content (AvgIpc) is 3.35. The van der Waals surface area contributed by atoms with Crippen molar-refractivity contribution in [3.05, 3.63) is 24.3 Å². The van der Waals surface area contributed by atoms with Crippen molar-refractivity contribution in [3.63, 3.8) is 0 Å². The number of allylic oxidation sites excluding steroid dienone is 4. The van der Waals surface area contributed by atoms with Gasteiger partial charge in [0.1, 0.15) is 13.2 Å². The van der Waals surface area contributed by atoms with Gasteiger partial charge in [-0.3, -0.25) is 9.36 Å². The summed E-state index contributed by atoms with van der Waals surface area (Å²) in [5.74, 6) is -0.159. The zero-order chi connectivity index (χ0) is 53.5. The predicted molar refractivity (Wildman–Crippen MR) is 316 cm³/mol. The minimum absolute atomic E-state index is 0.0144. The second-order valence-corrected chi connectivity index (χ2v) is 24.9. The minimum Gasteiger partial charge on any atom is -0.756 e. The first-order valence-corrected chi connectivity index (χ1v) is 33.6. The molecule has 0 rings (SSSR count). The highest BCUT2D eigenvalue weighted by molar-refractivity contribution is 7.45. The minimum atomic E-state index is -4.57. The summed E-state index contributed by atoms with van der Waals surface area (Å²) >= 11 is 0. The van der Waals surface area contributed by atoms with E-state index < -0.39 is 20.0 Å². The number of phosphoric acid groups is 1. The second kappa shape index (κ2) is 55.7.